The van der Waals surface area contributed by atoms with E-state index >= 15 is 0 Å². The normalized spacial score (nSPS) is 15.4. The largest absolute Gasteiger partial charge is 0.493 e. The van der Waals surface area contributed by atoms with Crippen LogP contribution in [0.2, 0.25) is 0 Å². The van der Waals surface area contributed by atoms with E-state index in [0.717, 1.165) is 36.4 Å². The fourth-order valence-electron chi connectivity index (χ4n) is 3.33. The van der Waals surface area contributed by atoms with Crippen LogP contribution in [0.25, 0.3) is 10.2 Å². The Balaban J connectivity index is 1.58. The van der Waals surface area contributed by atoms with E-state index in [0.29, 0.717) is 27.8 Å². The van der Waals surface area contributed by atoms with Gasteiger partial charge in [-0.15, -0.1) is 0 Å². The molecule has 8 heteroatoms. The maximum absolute atomic E-state index is 14.7. The molecule has 0 N–H and O–H groups in total. The van der Waals surface area contributed by atoms with Crippen LogP contribution in [0.1, 0.15) is 5.56 Å². The first-order valence-electron chi connectivity index (χ1n) is 9.37. The molecule has 1 aliphatic heterocycles. The van der Waals surface area contributed by atoms with Crippen molar-refractivity contribution in [2.75, 3.05) is 52.3 Å². The van der Waals surface area contributed by atoms with E-state index in [1.165, 1.54) is 17.4 Å². The van der Waals surface area contributed by atoms with Crippen LogP contribution < -0.4 is 14.4 Å². The Morgan fingerprint density at radius 3 is 2.55 bits per heavy atom. The lowest BCUT2D eigenvalue weighted by Gasteiger charge is -2.34. The van der Waals surface area contributed by atoms with Crippen LogP contribution in [0, 0.1) is 5.82 Å². The number of ether oxygens (including phenoxy) is 2. The molecule has 1 aliphatic rings. The summed E-state index contributed by atoms with van der Waals surface area (Å²) in [5.74, 6) is 1.07. The van der Waals surface area contributed by atoms with Crippen LogP contribution >= 0.6 is 11.3 Å². The number of benzene rings is 2. The molecule has 3 aromatic rings. The molecule has 152 valence electrons. The van der Waals surface area contributed by atoms with Gasteiger partial charge in [0.25, 0.3) is 0 Å². The number of halogens is 1. The van der Waals surface area contributed by atoms with Crippen LogP contribution in [0.4, 0.5) is 15.2 Å². The summed E-state index contributed by atoms with van der Waals surface area (Å²) < 4.78 is 26.2. The third-order valence-corrected chi connectivity index (χ3v) is 5.95. The number of nitrogens with zero attached hydrogens (tertiary/aromatic N) is 4. The Hall–Kier alpha value is -2.71. The fraction of sp³-hybridized carbons (Fsp3) is 0.333. The van der Waals surface area contributed by atoms with Crippen LogP contribution in [0.5, 0.6) is 11.5 Å². The predicted octanol–water partition coefficient (Wildman–Crippen LogP) is 3.96. The SMILES string of the molecule is COc1ccc(/C=N/c2nc3cc(F)c(N4CCN(C)CC4)cc3s2)cc1OC. The highest BCUT2D eigenvalue weighted by molar-refractivity contribution is 7.22. The molecule has 4 rings (SSSR count). The molecule has 0 spiro atoms. The lowest BCUT2D eigenvalue weighted by Crippen LogP contribution is -2.44. The minimum Gasteiger partial charge on any atom is -0.493 e. The summed E-state index contributed by atoms with van der Waals surface area (Å²) >= 11 is 1.45. The van der Waals surface area contributed by atoms with Gasteiger partial charge in [0.15, 0.2) is 11.5 Å². The number of fused-ring (bicyclic) bond motifs is 1. The third-order valence-electron chi connectivity index (χ3n) is 5.02. The van der Waals surface area contributed by atoms with Gasteiger partial charge in [0.1, 0.15) is 5.82 Å². The van der Waals surface area contributed by atoms with Crippen LogP contribution in [-0.2, 0) is 0 Å². The Bertz CT molecular complexity index is 1040. The van der Waals surface area contributed by atoms with Crippen LogP contribution in [0.3, 0.4) is 0 Å². The minimum absolute atomic E-state index is 0.234. The van der Waals surface area contributed by atoms with E-state index in [9.17, 15) is 4.39 Å². The lowest BCUT2D eigenvalue weighted by atomic mass is 10.2. The topological polar surface area (TPSA) is 50.2 Å². The van der Waals surface area contributed by atoms with Gasteiger partial charge in [-0.05, 0) is 36.9 Å². The number of piperazine rings is 1. The highest BCUT2D eigenvalue weighted by Gasteiger charge is 2.19. The smallest absolute Gasteiger partial charge is 0.210 e. The Morgan fingerprint density at radius 2 is 1.83 bits per heavy atom. The van der Waals surface area contributed by atoms with Gasteiger partial charge in [-0.1, -0.05) is 11.3 Å². The first-order chi connectivity index (χ1) is 14.1. The van der Waals surface area contributed by atoms with E-state index in [2.05, 4.69) is 26.8 Å². The molecule has 0 amide bonds. The number of aliphatic imine (C=N–C) groups is 1. The molecule has 2 aromatic carbocycles. The quantitative estimate of drug-likeness (QED) is 0.592. The summed E-state index contributed by atoms with van der Waals surface area (Å²) in [6.45, 7) is 3.51. The van der Waals surface area contributed by atoms with E-state index < -0.39 is 0 Å². The van der Waals surface area contributed by atoms with Crippen molar-refractivity contribution in [1.82, 2.24) is 9.88 Å². The second-order valence-electron chi connectivity index (χ2n) is 6.93. The van der Waals surface area contributed by atoms with Gasteiger partial charge in [-0.2, -0.15) is 0 Å². The van der Waals surface area contributed by atoms with Crippen molar-refractivity contribution in [3.05, 3.63) is 41.7 Å². The fourth-order valence-corrected chi connectivity index (χ4v) is 4.16. The average molecular weight is 415 g/mol. The maximum Gasteiger partial charge on any atom is 0.210 e. The molecular weight excluding hydrogens is 391 g/mol. The molecule has 1 fully saturated rings. The number of anilines is 1. The first kappa shape index (κ1) is 19.6. The number of thiazole rings is 1. The Morgan fingerprint density at radius 1 is 1.07 bits per heavy atom. The summed E-state index contributed by atoms with van der Waals surface area (Å²) in [5, 5.41) is 0.588. The molecule has 0 radical (unpaired) electrons. The third kappa shape index (κ3) is 4.18. The second kappa shape index (κ2) is 8.34. The van der Waals surface area contributed by atoms with Crippen molar-refractivity contribution in [2.24, 2.45) is 4.99 Å². The van der Waals surface area contributed by atoms with E-state index in [1.807, 2.05) is 24.3 Å². The van der Waals surface area contributed by atoms with E-state index in [4.69, 9.17) is 9.47 Å². The summed E-state index contributed by atoms with van der Waals surface area (Å²) in [6.07, 6.45) is 1.72. The number of methoxy groups -OCH3 is 2. The van der Waals surface area contributed by atoms with Crippen molar-refractivity contribution >= 4 is 38.6 Å². The van der Waals surface area contributed by atoms with E-state index in [-0.39, 0.29) is 5.82 Å². The van der Waals surface area contributed by atoms with Gasteiger partial charge in [0.2, 0.25) is 5.13 Å². The van der Waals surface area contributed by atoms with Gasteiger partial charge >= 0.3 is 0 Å². The van der Waals surface area contributed by atoms with Crippen molar-refractivity contribution in [3.63, 3.8) is 0 Å². The van der Waals surface area contributed by atoms with Gasteiger partial charge in [-0.25, -0.2) is 14.4 Å². The maximum atomic E-state index is 14.7. The lowest BCUT2D eigenvalue weighted by molar-refractivity contribution is 0.312. The molecule has 0 bridgehead atoms. The van der Waals surface area contributed by atoms with Crippen molar-refractivity contribution < 1.29 is 13.9 Å². The highest BCUT2D eigenvalue weighted by atomic mass is 32.1. The summed E-state index contributed by atoms with van der Waals surface area (Å²) in [6, 6.07) is 8.97. The summed E-state index contributed by atoms with van der Waals surface area (Å²) in [4.78, 5) is 13.3. The molecule has 6 nitrogen and oxygen atoms in total. The van der Waals surface area contributed by atoms with E-state index in [1.54, 1.807) is 20.4 Å². The van der Waals surface area contributed by atoms with Crippen molar-refractivity contribution in [3.8, 4) is 11.5 Å². The number of aromatic nitrogens is 1. The molecule has 2 heterocycles. The molecule has 1 aromatic heterocycles. The highest BCUT2D eigenvalue weighted by Crippen LogP contribution is 2.34. The number of likely N-dealkylation sites (N-methyl/N-ethyl adjacent to an activating group) is 1. The Kier molecular flexibility index (Phi) is 5.64. The molecular formula is C21H23FN4O2S. The van der Waals surface area contributed by atoms with Gasteiger partial charge in [-0.3, -0.25) is 0 Å². The summed E-state index contributed by atoms with van der Waals surface area (Å²) in [5.41, 5.74) is 2.14. The second-order valence-corrected chi connectivity index (χ2v) is 7.94. The minimum atomic E-state index is -0.234. The molecule has 0 saturated carbocycles. The molecule has 0 aliphatic carbocycles. The zero-order valence-corrected chi connectivity index (χ0v) is 17.5. The molecule has 29 heavy (non-hydrogen) atoms. The zero-order valence-electron chi connectivity index (χ0n) is 16.7. The van der Waals surface area contributed by atoms with Crippen molar-refractivity contribution in [1.29, 1.82) is 0 Å². The number of hydrogen-bond acceptors (Lipinski definition) is 7. The first-order valence-corrected chi connectivity index (χ1v) is 10.2. The van der Waals surface area contributed by atoms with Gasteiger partial charge < -0.3 is 19.3 Å². The monoisotopic (exact) mass is 414 g/mol. The van der Waals surface area contributed by atoms with Crippen LogP contribution in [0.15, 0.2) is 35.3 Å². The average Bonchev–Trinajstić information content (AvgIpc) is 3.13. The summed E-state index contributed by atoms with van der Waals surface area (Å²) in [7, 11) is 5.28. The van der Waals surface area contributed by atoms with Crippen LogP contribution in [-0.4, -0.2) is 63.5 Å². The number of hydrogen-bond donors (Lipinski definition) is 0. The van der Waals surface area contributed by atoms with Gasteiger partial charge in [0.05, 0.1) is 30.1 Å². The zero-order chi connectivity index (χ0) is 20.4. The predicted molar refractivity (Wildman–Crippen MR) is 116 cm³/mol. The molecule has 1 saturated heterocycles. The molecule has 0 atom stereocenters. The standard InChI is InChI=1S/C21H23FN4O2S/c1-25-6-8-26(9-7-25)17-12-20-16(11-15(17)22)24-21(29-20)23-13-14-4-5-18(27-2)19(10-14)28-3/h4-5,10-13H,6-9H2,1-3H3/b23-13+. The number of rotatable bonds is 5. The molecule has 0 unspecified atom stereocenters. The Labute approximate surface area is 173 Å². The van der Waals surface area contributed by atoms with Gasteiger partial charge in [0, 0.05) is 38.5 Å². The van der Waals surface area contributed by atoms with Crippen molar-refractivity contribution in [2.45, 2.75) is 0 Å².